The van der Waals surface area contributed by atoms with E-state index in [9.17, 15) is 4.39 Å². The summed E-state index contributed by atoms with van der Waals surface area (Å²) in [5.74, 6) is 1.76. The summed E-state index contributed by atoms with van der Waals surface area (Å²) in [4.78, 5) is 8.74. The van der Waals surface area contributed by atoms with Gasteiger partial charge >= 0.3 is 0 Å². The lowest BCUT2D eigenvalue weighted by Gasteiger charge is -2.11. The number of aromatic nitrogens is 2. The van der Waals surface area contributed by atoms with Crippen molar-refractivity contribution in [2.24, 2.45) is 0 Å². The van der Waals surface area contributed by atoms with Gasteiger partial charge in [0.1, 0.15) is 23.3 Å². The van der Waals surface area contributed by atoms with Crippen LogP contribution in [0.5, 0.6) is 0 Å². The van der Waals surface area contributed by atoms with Crippen molar-refractivity contribution in [2.45, 2.75) is 20.4 Å². The van der Waals surface area contributed by atoms with Gasteiger partial charge in [0.2, 0.25) is 0 Å². The van der Waals surface area contributed by atoms with Crippen molar-refractivity contribution in [3.8, 4) is 0 Å². The Morgan fingerprint density at radius 1 is 0.917 bits per heavy atom. The first-order valence-corrected chi connectivity index (χ1v) is 7.77. The summed E-state index contributed by atoms with van der Waals surface area (Å²) < 4.78 is 13.7. The molecule has 3 rings (SSSR count). The highest BCUT2D eigenvalue weighted by atomic mass is 19.1. The molecule has 3 aromatic rings. The third kappa shape index (κ3) is 4.07. The summed E-state index contributed by atoms with van der Waals surface area (Å²) in [6.45, 7) is 4.24. The van der Waals surface area contributed by atoms with Gasteiger partial charge in [0.05, 0.1) is 0 Å². The third-order valence-corrected chi connectivity index (χ3v) is 3.58. The lowest BCUT2D eigenvalue weighted by molar-refractivity contribution is 0.613. The second-order valence-electron chi connectivity index (χ2n) is 5.62. The molecule has 5 heteroatoms. The maximum absolute atomic E-state index is 13.7. The molecule has 0 amide bonds. The lowest BCUT2D eigenvalue weighted by atomic mass is 10.2. The minimum Gasteiger partial charge on any atom is -0.366 e. The molecule has 24 heavy (non-hydrogen) atoms. The average molecular weight is 322 g/mol. The van der Waals surface area contributed by atoms with Crippen molar-refractivity contribution in [1.29, 1.82) is 0 Å². The van der Waals surface area contributed by atoms with E-state index in [4.69, 9.17) is 0 Å². The van der Waals surface area contributed by atoms with Gasteiger partial charge in [-0.15, -0.1) is 0 Å². The standard InChI is InChI=1S/C19H19FN4/c1-13-7-9-16(10-8-13)24-19-11-18(22-14(2)23-19)21-12-15-5-3-4-6-17(15)20/h3-11H,12H2,1-2H3,(H2,21,22,23,24). The molecule has 2 aromatic carbocycles. The van der Waals surface area contributed by atoms with Crippen molar-refractivity contribution in [1.82, 2.24) is 9.97 Å². The van der Waals surface area contributed by atoms with Crippen LogP contribution in [0.15, 0.2) is 54.6 Å². The van der Waals surface area contributed by atoms with Gasteiger partial charge in [0.25, 0.3) is 0 Å². The predicted octanol–water partition coefficient (Wildman–Crippen LogP) is 4.59. The van der Waals surface area contributed by atoms with Crippen molar-refractivity contribution >= 4 is 17.3 Å². The molecule has 0 unspecified atom stereocenters. The van der Waals surface area contributed by atoms with Crippen LogP contribution in [0.4, 0.5) is 21.7 Å². The molecule has 0 aliphatic carbocycles. The number of hydrogen-bond acceptors (Lipinski definition) is 4. The molecule has 2 N–H and O–H groups in total. The Kier molecular flexibility index (Phi) is 4.70. The Morgan fingerprint density at radius 2 is 1.62 bits per heavy atom. The van der Waals surface area contributed by atoms with E-state index in [0.29, 0.717) is 29.6 Å². The van der Waals surface area contributed by atoms with Crippen molar-refractivity contribution < 1.29 is 4.39 Å². The molecule has 0 spiro atoms. The van der Waals surface area contributed by atoms with Crippen LogP contribution in [0.2, 0.25) is 0 Å². The Bertz CT molecular complexity index is 831. The first kappa shape index (κ1) is 15.9. The highest BCUT2D eigenvalue weighted by Gasteiger charge is 2.05. The summed E-state index contributed by atoms with van der Waals surface area (Å²) in [6.07, 6.45) is 0. The number of nitrogens with one attached hydrogen (secondary N) is 2. The molecule has 4 nitrogen and oxygen atoms in total. The van der Waals surface area contributed by atoms with Crippen LogP contribution in [-0.2, 0) is 6.54 Å². The number of nitrogens with zero attached hydrogens (tertiary/aromatic N) is 2. The summed E-state index contributed by atoms with van der Waals surface area (Å²) >= 11 is 0. The molecule has 0 aliphatic rings. The normalized spacial score (nSPS) is 10.5. The Balaban J connectivity index is 1.74. The minimum absolute atomic E-state index is 0.228. The molecule has 0 fully saturated rings. The molecule has 1 aromatic heterocycles. The van der Waals surface area contributed by atoms with Gasteiger partial charge in [0, 0.05) is 23.9 Å². The van der Waals surface area contributed by atoms with Gasteiger partial charge in [-0.1, -0.05) is 35.9 Å². The van der Waals surface area contributed by atoms with Gasteiger partial charge in [-0.2, -0.15) is 0 Å². The first-order valence-electron chi connectivity index (χ1n) is 7.77. The maximum Gasteiger partial charge on any atom is 0.136 e. The smallest absolute Gasteiger partial charge is 0.136 e. The van der Waals surface area contributed by atoms with E-state index in [1.54, 1.807) is 12.1 Å². The SMILES string of the molecule is Cc1ccc(Nc2cc(NCc3ccccc3F)nc(C)n2)cc1. The number of anilines is 3. The summed E-state index contributed by atoms with van der Waals surface area (Å²) in [6, 6.07) is 16.6. The van der Waals surface area contributed by atoms with Crippen molar-refractivity contribution in [2.75, 3.05) is 10.6 Å². The van der Waals surface area contributed by atoms with Crippen LogP contribution in [-0.4, -0.2) is 9.97 Å². The van der Waals surface area contributed by atoms with Crippen LogP contribution in [0.3, 0.4) is 0 Å². The second-order valence-corrected chi connectivity index (χ2v) is 5.62. The second kappa shape index (κ2) is 7.08. The molecular weight excluding hydrogens is 303 g/mol. The number of aryl methyl sites for hydroxylation is 2. The maximum atomic E-state index is 13.7. The van der Waals surface area contributed by atoms with Crippen LogP contribution < -0.4 is 10.6 Å². The summed E-state index contributed by atoms with van der Waals surface area (Å²) in [7, 11) is 0. The van der Waals surface area contributed by atoms with E-state index in [-0.39, 0.29) is 5.82 Å². The fourth-order valence-corrected chi connectivity index (χ4v) is 2.33. The molecule has 0 saturated carbocycles. The summed E-state index contributed by atoms with van der Waals surface area (Å²) in [5, 5.41) is 6.40. The number of benzene rings is 2. The first-order chi connectivity index (χ1) is 11.6. The number of hydrogen-bond donors (Lipinski definition) is 2. The number of halogens is 1. The molecule has 0 aliphatic heterocycles. The zero-order valence-corrected chi connectivity index (χ0v) is 13.7. The lowest BCUT2D eigenvalue weighted by Crippen LogP contribution is -2.06. The molecule has 0 bridgehead atoms. The Morgan fingerprint density at radius 3 is 2.38 bits per heavy atom. The van der Waals surface area contributed by atoms with Gasteiger partial charge < -0.3 is 10.6 Å². The zero-order chi connectivity index (χ0) is 16.9. The molecule has 0 saturated heterocycles. The van der Waals surface area contributed by atoms with Gasteiger partial charge in [-0.05, 0) is 32.0 Å². The van der Waals surface area contributed by atoms with Gasteiger partial charge in [-0.3, -0.25) is 0 Å². The van der Waals surface area contributed by atoms with E-state index in [1.807, 2.05) is 50.2 Å². The predicted molar refractivity (Wildman–Crippen MR) is 95.0 cm³/mol. The fourth-order valence-electron chi connectivity index (χ4n) is 2.33. The largest absolute Gasteiger partial charge is 0.366 e. The molecule has 0 radical (unpaired) electrons. The average Bonchev–Trinajstić information content (AvgIpc) is 2.56. The topological polar surface area (TPSA) is 49.8 Å². The molecule has 0 atom stereocenters. The van der Waals surface area contributed by atoms with Crippen molar-refractivity contribution in [3.63, 3.8) is 0 Å². The van der Waals surface area contributed by atoms with E-state index < -0.39 is 0 Å². The van der Waals surface area contributed by atoms with E-state index in [2.05, 4.69) is 20.6 Å². The Hall–Kier alpha value is -2.95. The Labute approximate surface area is 140 Å². The molecule has 122 valence electrons. The van der Waals surface area contributed by atoms with Gasteiger partial charge in [-0.25, -0.2) is 14.4 Å². The van der Waals surface area contributed by atoms with Gasteiger partial charge in [0.15, 0.2) is 0 Å². The summed E-state index contributed by atoms with van der Waals surface area (Å²) in [5.41, 5.74) is 2.76. The van der Waals surface area contributed by atoms with E-state index in [1.165, 1.54) is 11.6 Å². The highest BCUT2D eigenvalue weighted by molar-refractivity contribution is 5.59. The fraction of sp³-hybridized carbons (Fsp3) is 0.158. The highest BCUT2D eigenvalue weighted by Crippen LogP contribution is 2.18. The van der Waals surface area contributed by atoms with E-state index >= 15 is 0 Å². The minimum atomic E-state index is -0.228. The van der Waals surface area contributed by atoms with E-state index in [0.717, 1.165) is 5.69 Å². The van der Waals surface area contributed by atoms with Crippen LogP contribution in [0.1, 0.15) is 17.0 Å². The zero-order valence-electron chi connectivity index (χ0n) is 13.7. The monoisotopic (exact) mass is 322 g/mol. The van der Waals surface area contributed by atoms with Crippen LogP contribution in [0, 0.1) is 19.7 Å². The third-order valence-electron chi connectivity index (χ3n) is 3.58. The quantitative estimate of drug-likeness (QED) is 0.721. The molecule has 1 heterocycles. The molecular formula is C19H19FN4. The van der Waals surface area contributed by atoms with Crippen LogP contribution in [0.25, 0.3) is 0 Å². The van der Waals surface area contributed by atoms with Crippen molar-refractivity contribution in [3.05, 3.63) is 77.4 Å². The number of rotatable bonds is 5. The van der Waals surface area contributed by atoms with Crippen LogP contribution >= 0.6 is 0 Å².